The average Bonchev–Trinajstić information content (AvgIpc) is 2.96. The Bertz CT molecular complexity index is 337. The largest absolute Gasteiger partial charge is 0.481 e. The van der Waals surface area contributed by atoms with Gasteiger partial charge in [-0.25, -0.2) is 0 Å². The molecule has 3 aliphatic carbocycles. The molecule has 17 heavy (non-hydrogen) atoms. The van der Waals surface area contributed by atoms with Gasteiger partial charge in [0.05, 0.1) is 5.92 Å². The summed E-state index contributed by atoms with van der Waals surface area (Å²) >= 11 is 0. The molecule has 2 unspecified atom stereocenters. The molecule has 3 aliphatic rings. The van der Waals surface area contributed by atoms with Crippen molar-refractivity contribution < 1.29 is 14.7 Å². The Morgan fingerprint density at radius 1 is 1.06 bits per heavy atom. The highest BCUT2D eigenvalue weighted by molar-refractivity contribution is 5.83. The molecule has 0 aromatic rings. The molecule has 3 rings (SSSR count). The van der Waals surface area contributed by atoms with Crippen LogP contribution in [0.3, 0.4) is 0 Å². The molecule has 3 saturated carbocycles. The van der Waals surface area contributed by atoms with E-state index in [-0.39, 0.29) is 23.8 Å². The van der Waals surface area contributed by atoms with Gasteiger partial charge in [0.2, 0.25) is 5.91 Å². The van der Waals surface area contributed by atoms with E-state index in [9.17, 15) is 9.59 Å². The maximum Gasteiger partial charge on any atom is 0.306 e. The van der Waals surface area contributed by atoms with Gasteiger partial charge in [0.1, 0.15) is 0 Å². The number of carbonyl (C=O) groups excluding carboxylic acids is 1. The van der Waals surface area contributed by atoms with Gasteiger partial charge in [0, 0.05) is 12.0 Å². The van der Waals surface area contributed by atoms with Crippen molar-refractivity contribution in [2.75, 3.05) is 0 Å². The molecule has 3 fully saturated rings. The monoisotopic (exact) mass is 237 g/mol. The predicted octanol–water partition coefficient (Wildman–Crippen LogP) is 1.40. The number of fused-ring (bicyclic) bond motifs is 1. The topological polar surface area (TPSA) is 66.4 Å². The number of carboxylic acids is 1. The first-order chi connectivity index (χ1) is 8.16. The van der Waals surface area contributed by atoms with E-state index >= 15 is 0 Å². The highest BCUT2D eigenvalue weighted by Crippen LogP contribution is 2.55. The van der Waals surface area contributed by atoms with Crippen LogP contribution in [-0.2, 0) is 9.59 Å². The predicted molar refractivity (Wildman–Crippen MR) is 61.2 cm³/mol. The molecule has 94 valence electrons. The number of carbonyl (C=O) groups is 2. The number of nitrogens with one attached hydrogen (secondary N) is 1. The Balaban J connectivity index is 1.45. The highest BCUT2D eigenvalue weighted by Gasteiger charge is 2.55. The minimum absolute atomic E-state index is 0.117. The second-order valence-corrected chi connectivity index (χ2v) is 5.85. The molecule has 4 heteroatoms. The Morgan fingerprint density at radius 3 is 2.18 bits per heavy atom. The first-order valence-electron chi connectivity index (χ1n) is 6.70. The SMILES string of the molecule is O=C(O)C1CC(NC(=O)C2C3CCCCC32)C1. The molecule has 2 atom stereocenters. The van der Waals surface area contributed by atoms with E-state index in [2.05, 4.69) is 5.32 Å². The van der Waals surface area contributed by atoms with Crippen LogP contribution in [0.1, 0.15) is 38.5 Å². The van der Waals surface area contributed by atoms with Crippen LogP contribution in [0, 0.1) is 23.7 Å². The second-order valence-electron chi connectivity index (χ2n) is 5.85. The van der Waals surface area contributed by atoms with Gasteiger partial charge in [-0.2, -0.15) is 0 Å². The van der Waals surface area contributed by atoms with Crippen LogP contribution in [0.4, 0.5) is 0 Å². The summed E-state index contributed by atoms with van der Waals surface area (Å²) in [6.45, 7) is 0. The van der Waals surface area contributed by atoms with Gasteiger partial charge in [-0.3, -0.25) is 9.59 Å². The molecule has 0 aliphatic heterocycles. The normalized spacial score (nSPS) is 43.2. The van der Waals surface area contributed by atoms with Crippen molar-refractivity contribution in [2.45, 2.75) is 44.6 Å². The molecular weight excluding hydrogens is 218 g/mol. The third kappa shape index (κ3) is 1.94. The molecule has 0 heterocycles. The fourth-order valence-corrected chi connectivity index (χ4v) is 3.62. The summed E-state index contributed by atoms with van der Waals surface area (Å²) in [5, 5.41) is 11.8. The maximum absolute atomic E-state index is 12.0. The quantitative estimate of drug-likeness (QED) is 0.779. The summed E-state index contributed by atoms with van der Waals surface area (Å²) in [4.78, 5) is 22.6. The van der Waals surface area contributed by atoms with Crippen LogP contribution in [0.5, 0.6) is 0 Å². The number of rotatable bonds is 3. The van der Waals surface area contributed by atoms with Crippen LogP contribution >= 0.6 is 0 Å². The van der Waals surface area contributed by atoms with Gasteiger partial charge in [-0.05, 0) is 37.5 Å². The summed E-state index contributed by atoms with van der Waals surface area (Å²) in [6.07, 6.45) is 6.20. The van der Waals surface area contributed by atoms with Crippen LogP contribution in [-0.4, -0.2) is 23.0 Å². The number of aliphatic carboxylic acids is 1. The first kappa shape index (κ1) is 11.1. The third-order valence-electron chi connectivity index (χ3n) is 4.79. The Hall–Kier alpha value is -1.06. The number of hydrogen-bond acceptors (Lipinski definition) is 2. The molecule has 2 N–H and O–H groups in total. The molecule has 0 spiro atoms. The van der Waals surface area contributed by atoms with E-state index in [0.29, 0.717) is 24.7 Å². The van der Waals surface area contributed by atoms with Crippen molar-refractivity contribution in [3.05, 3.63) is 0 Å². The molecule has 0 bridgehead atoms. The van der Waals surface area contributed by atoms with Crippen molar-refractivity contribution >= 4 is 11.9 Å². The third-order valence-corrected chi connectivity index (χ3v) is 4.79. The summed E-state index contributed by atoms with van der Waals surface area (Å²) in [6, 6.07) is 0.117. The lowest BCUT2D eigenvalue weighted by Gasteiger charge is -2.32. The van der Waals surface area contributed by atoms with Crippen molar-refractivity contribution in [3.63, 3.8) is 0 Å². The lowest BCUT2D eigenvalue weighted by atomic mass is 9.80. The van der Waals surface area contributed by atoms with E-state index in [0.717, 1.165) is 0 Å². The van der Waals surface area contributed by atoms with Gasteiger partial charge in [0.15, 0.2) is 0 Å². The Morgan fingerprint density at radius 2 is 1.65 bits per heavy atom. The molecule has 0 radical (unpaired) electrons. The molecule has 0 aromatic heterocycles. The maximum atomic E-state index is 12.0. The minimum Gasteiger partial charge on any atom is -0.481 e. The van der Waals surface area contributed by atoms with E-state index in [1.165, 1.54) is 25.7 Å². The van der Waals surface area contributed by atoms with Gasteiger partial charge in [0.25, 0.3) is 0 Å². The van der Waals surface area contributed by atoms with E-state index < -0.39 is 5.97 Å². The van der Waals surface area contributed by atoms with Crippen molar-refractivity contribution in [3.8, 4) is 0 Å². The lowest BCUT2D eigenvalue weighted by Crippen LogP contribution is -2.47. The van der Waals surface area contributed by atoms with E-state index in [4.69, 9.17) is 5.11 Å². The number of carboxylic acid groups (broad SMARTS) is 1. The molecule has 0 aromatic carbocycles. The van der Waals surface area contributed by atoms with Crippen molar-refractivity contribution in [2.24, 2.45) is 23.7 Å². The first-order valence-corrected chi connectivity index (χ1v) is 6.70. The average molecular weight is 237 g/mol. The zero-order chi connectivity index (χ0) is 12.0. The van der Waals surface area contributed by atoms with Crippen LogP contribution in [0.15, 0.2) is 0 Å². The zero-order valence-electron chi connectivity index (χ0n) is 9.89. The van der Waals surface area contributed by atoms with Gasteiger partial charge < -0.3 is 10.4 Å². The van der Waals surface area contributed by atoms with Crippen LogP contribution in [0.2, 0.25) is 0 Å². The fourth-order valence-electron chi connectivity index (χ4n) is 3.62. The highest BCUT2D eigenvalue weighted by atomic mass is 16.4. The smallest absolute Gasteiger partial charge is 0.306 e. The van der Waals surface area contributed by atoms with Crippen LogP contribution < -0.4 is 5.32 Å². The minimum atomic E-state index is -0.726. The van der Waals surface area contributed by atoms with E-state index in [1.807, 2.05) is 0 Å². The number of hydrogen-bond donors (Lipinski definition) is 2. The fraction of sp³-hybridized carbons (Fsp3) is 0.846. The van der Waals surface area contributed by atoms with Crippen molar-refractivity contribution in [1.82, 2.24) is 5.32 Å². The molecule has 0 saturated heterocycles. The van der Waals surface area contributed by atoms with Gasteiger partial charge >= 0.3 is 5.97 Å². The standard InChI is InChI=1S/C13H19NO3/c15-12(11-9-3-1-2-4-10(9)11)14-8-5-7(6-8)13(16)17/h7-11H,1-6H2,(H,14,15)(H,16,17). The summed E-state index contributed by atoms with van der Waals surface area (Å²) in [7, 11) is 0. The number of amides is 1. The summed E-state index contributed by atoms with van der Waals surface area (Å²) in [5.41, 5.74) is 0. The summed E-state index contributed by atoms with van der Waals surface area (Å²) in [5.74, 6) is 0.757. The Labute approximate surface area is 101 Å². The molecule has 4 nitrogen and oxygen atoms in total. The zero-order valence-corrected chi connectivity index (χ0v) is 9.89. The van der Waals surface area contributed by atoms with Crippen LogP contribution in [0.25, 0.3) is 0 Å². The van der Waals surface area contributed by atoms with Gasteiger partial charge in [-0.1, -0.05) is 12.8 Å². The Kier molecular flexibility index (Phi) is 2.60. The van der Waals surface area contributed by atoms with Crippen molar-refractivity contribution in [1.29, 1.82) is 0 Å². The molecular formula is C13H19NO3. The molecule has 1 amide bonds. The summed E-state index contributed by atoms with van der Waals surface area (Å²) < 4.78 is 0. The van der Waals surface area contributed by atoms with Gasteiger partial charge in [-0.15, -0.1) is 0 Å². The second kappa shape index (κ2) is 4.00. The van der Waals surface area contributed by atoms with E-state index in [1.54, 1.807) is 0 Å². The lowest BCUT2D eigenvalue weighted by molar-refractivity contribution is -0.146.